The van der Waals surface area contributed by atoms with Gasteiger partial charge in [-0.1, -0.05) is 0 Å². The molecular weight excluding hydrogens is 306 g/mol. The van der Waals surface area contributed by atoms with Crippen molar-refractivity contribution in [1.82, 2.24) is 15.0 Å². The summed E-state index contributed by atoms with van der Waals surface area (Å²) in [7, 11) is 0. The Labute approximate surface area is 130 Å². The first kappa shape index (κ1) is 14.9. The van der Waals surface area contributed by atoms with Gasteiger partial charge in [0.25, 0.3) is 5.56 Å². The second-order valence-corrected chi connectivity index (χ2v) is 6.47. The van der Waals surface area contributed by atoms with Crippen LogP contribution in [0.2, 0.25) is 0 Å². The Balaban J connectivity index is 1.95. The molecule has 3 heterocycles. The molecule has 2 N–H and O–H groups in total. The van der Waals surface area contributed by atoms with Gasteiger partial charge in [-0.3, -0.25) is 10.0 Å². The average Bonchev–Trinajstić information content (AvgIpc) is 2.66. The van der Waals surface area contributed by atoms with E-state index in [1.807, 2.05) is 11.8 Å². The fourth-order valence-electron chi connectivity index (χ4n) is 2.66. The van der Waals surface area contributed by atoms with Crippen molar-refractivity contribution in [3.8, 4) is 0 Å². The third-order valence-corrected chi connectivity index (χ3v) is 4.67. The van der Waals surface area contributed by atoms with E-state index in [4.69, 9.17) is 0 Å². The van der Waals surface area contributed by atoms with Gasteiger partial charge in [0.05, 0.1) is 10.7 Å². The maximum atomic E-state index is 11.9. The first-order chi connectivity index (χ1) is 10.5. The summed E-state index contributed by atoms with van der Waals surface area (Å²) < 4.78 is 0. The predicted molar refractivity (Wildman–Crippen MR) is 83.7 cm³/mol. The lowest BCUT2D eigenvalue weighted by atomic mass is 10.2. The van der Waals surface area contributed by atoms with Crippen LogP contribution in [0.3, 0.4) is 0 Å². The largest absolute Gasteiger partial charge is 0.733 e. The van der Waals surface area contributed by atoms with E-state index in [1.54, 1.807) is 18.3 Å². The number of aromatic nitrogens is 3. The zero-order valence-corrected chi connectivity index (χ0v) is 13.1. The molecule has 118 valence electrons. The van der Waals surface area contributed by atoms with E-state index < -0.39 is 10.8 Å². The second-order valence-electron chi connectivity index (χ2n) is 5.19. The molecule has 3 rings (SSSR count). The molecule has 0 saturated heterocycles. The van der Waals surface area contributed by atoms with Gasteiger partial charge >= 0.3 is 0 Å². The van der Waals surface area contributed by atoms with Gasteiger partial charge in [0.2, 0.25) is 0 Å². The van der Waals surface area contributed by atoms with Gasteiger partial charge in [-0.05, 0) is 13.8 Å². The summed E-state index contributed by atoms with van der Waals surface area (Å²) in [6, 6.07) is 0. The van der Waals surface area contributed by atoms with E-state index in [1.165, 1.54) is 4.88 Å². The van der Waals surface area contributed by atoms with Gasteiger partial charge in [0, 0.05) is 30.8 Å². The molecule has 0 amide bonds. The molecule has 1 aliphatic heterocycles. The maximum absolute atomic E-state index is 11.9. The van der Waals surface area contributed by atoms with Crippen LogP contribution < -0.4 is 15.7 Å². The van der Waals surface area contributed by atoms with Gasteiger partial charge in [-0.2, -0.15) is 0 Å². The van der Waals surface area contributed by atoms with Crippen molar-refractivity contribution in [3.05, 3.63) is 37.0 Å². The number of nitrogens with one attached hydrogen (secondary N) is 1. The minimum Gasteiger partial charge on any atom is -0.733 e. The Bertz CT molecular complexity index is 729. The van der Waals surface area contributed by atoms with Crippen molar-refractivity contribution in [2.45, 2.75) is 26.7 Å². The highest BCUT2D eigenvalue weighted by molar-refractivity contribution is 7.11. The van der Waals surface area contributed by atoms with E-state index in [0.29, 0.717) is 18.9 Å². The molecule has 0 aromatic carbocycles. The van der Waals surface area contributed by atoms with E-state index in [-0.39, 0.29) is 11.5 Å². The first-order valence-electron chi connectivity index (χ1n) is 6.93. The minimum absolute atomic E-state index is 0.214. The summed E-state index contributed by atoms with van der Waals surface area (Å²) in [6.07, 6.45) is 1.50. The molecule has 0 aliphatic carbocycles. The van der Waals surface area contributed by atoms with Gasteiger partial charge < -0.3 is 20.3 Å². The highest BCUT2D eigenvalue weighted by Crippen LogP contribution is 2.27. The molecule has 0 bridgehead atoms. The highest BCUT2D eigenvalue weighted by Gasteiger charge is 2.22. The smallest absolute Gasteiger partial charge is 0.278 e. The number of hydrogen-bond donors (Lipinski definition) is 2. The fourth-order valence-corrected chi connectivity index (χ4v) is 3.63. The molecule has 0 radical (unpaired) electrons. The number of nitrogens with zero attached hydrogens (tertiary/aromatic N) is 4. The van der Waals surface area contributed by atoms with Gasteiger partial charge in [0.1, 0.15) is 5.82 Å². The minimum atomic E-state index is -0.645. The standard InChI is InChI=1S/C13H16N5O3S/c1-7-14-12(11(18(20)21)13(19)15-7)17-5-3-9-10(4-6-17)22-8(2)16-9/h20H,3-6H2,1-2H3,(H,14,15,19)/q-1. The Morgan fingerprint density at radius 3 is 2.77 bits per heavy atom. The van der Waals surface area contributed by atoms with Gasteiger partial charge in [0.15, 0.2) is 11.5 Å². The van der Waals surface area contributed by atoms with Crippen LogP contribution in [0.4, 0.5) is 11.5 Å². The predicted octanol–water partition coefficient (Wildman–Crippen LogP) is 1.14. The van der Waals surface area contributed by atoms with Crippen molar-refractivity contribution in [2.24, 2.45) is 0 Å². The molecule has 0 unspecified atom stereocenters. The normalized spacial score (nSPS) is 14.6. The highest BCUT2D eigenvalue weighted by atomic mass is 32.1. The van der Waals surface area contributed by atoms with E-state index in [2.05, 4.69) is 15.0 Å². The number of fused-ring (bicyclic) bond motifs is 1. The summed E-state index contributed by atoms with van der Waals surface area (Å²) >= 11 is 1.67. The summed E-state index contributed by atoms with van der Waals surface area (Å²) in [5.74, 6) is 0.615. The Morgan fingerprint density at radius 2 is 2.05 bits per heavy atom. The van der Waals surface area contributed by atoms with Crippen molar-refractivity contribution in [2.75, 3.05) is 23.2 Å². The van der Waals surface area contributed by atoms with Crippen LogP contribution in [0.1, 0.15) is 21.4 Å². The summed E-state index contributed by atoms with van der Waals surface area (Å²) in [5.41, 5.74) is 0.0454. The van der Waals surface area contributed by atoms with Crippen LogP contribution in [0.15, 0.2) is 4.79 Å². The number of rotatable bonds is 2. The van der Waals surface area contributed by atoms with Crippen molar-refractivity contribution in [1.29, 1.82) is 0 Å². The van der Waals surface area contributed by atoms with E-state index in [0.717, 1.165) is 23.5 Å². The molecule has 22 heavy (non-hydrogen) atoms. The zero-order chi connectivity index (χ0) is 15.9. The van der Waals surface area contributed by atoms with Crippen LogP contribution in [-0.4, -0.2) is 33.2 Å². The van der Waals surface area contributed by atoms with E-state index in [9.17, 15) is 15.2 Å². The molecule has 2 aromatic heterocycles. The molecule has 1 aliphatic rings. The van der Waals surface area contributed by atoms with E-state index >= 15 is 0 Å². The van der Waals surface area contributed by atoms with Crippen LogP contribution in [0, 0.1) is 19.1 Å². The fraction of sp³-hybridized carbons (Fsp3) is 0.462. The number of H-pyrrole nitrogens is 1. The number of aromatic amines is 1. The molecule has 0 saturated carbocycles. The van der Waals surface area contributed by atoms with Crippen LogP contribution in [-0.2, 0) is 12.8 Å². The van der Waals surface area contributed by atoms with Crippen LogP contribution in [0.5, 0.6) is 0 Å². The molecule has 9 heteroatoms. The monoisotopic (exact) mass is 322 g/mol. The lowest BCUT2D eigenvalue weighted by Gasteiger charge is -2.29. The Morgan fingerprint density at radius 1 is 1.32 bits per heavy atom. The van der Waals surface area contributed by atoms with Crippen LogP contribution >= 0.6 is 11.3 Å². The topological polar surface area (TPSA) is 108 Å². The first-order valence-corrected chi connectivity index (χ1v) is 7.74. The average molecular weight is 322 g/mol. The number of aryl methyl sites for hydroxylation is 2. The van der Waals surface area contributed by atoms with Crippen LogP contribution in [0.25, 0.3) is 0 Å². The third-order valence-electron chi connectivity index (χ3n) is 3.60. The summed E-state index contributed by atoms with van der Waals surface area (Å²) in [5, 5.41) is 21.2. The second kappa shape index (κ2) is 5.67. The maximum Gasteiger partial charge on any atom is 0.278 e. The molecule has 0 fully saturated rings. The number of thiazole rings is 1. The molecule has 8 nitrogen and oxygen atoms in total. The van der Waals surface area contributed by atoms with Crippen molar-refractivity contribution >= 4 is 22.8 Å². The summed E-state index contributed by atoms with van der Waals surface area (Å²) in [6.45, 7) is 4.83. The van der Waals surface area contributed by atoms with Gasteiger partial charge in [-0.15, -0.1) is 11.3 Å². The Kier molecular flexibility index (Phi) is 3.85. The molecular formula is C13H16N5O3S-. The lowest BCUT2D eigenvalue weighted by Crippen LogP contribution is -2.32. The number of anilines is 2. The quantitative estimate of drug-likeness (QED) is 0.798. The molecule has 2 aromatic rings. The third kappa shape index (κ3) is 2.70. The van der Waals surface area contributed by atoms with Crippen molar-refractivity contribution in [3.63, 3.8) is 0 Å². The SMILES string of the molecule is Cc1nc(N2CCc3nc(C)sc3CC2)c(N([O-])O)c(=O)[nH]1. The molecule has 0 atom stereocenters. The summed E-state index contributed by atoms with van der Waals surface area (Å²) in [4.78, 5) is 26.2. The van der Waals surface area contributed by atoms with Gasteiger partial charge in [-0.25, -0.2) is 9.97 Å². The number of hydrogen-bond acceptors (Lipinski definition) is 8. The zero-order valence-electron chi connectivity index (χ0n) is 12.3. The van der Waals surface area contributed by atoms with Crippen molar-refractivity contribution < 1.29 is 5.21 Å². The lowest BCUT2D eigenvalue weighted by molar-refractivity contribution is 0.295. The molecule has 0 spiro atoms. The Hall–Kier alpha value is -1.97.